The van der Waals surface area contributed by atoms with Gasteiger partial charge in [0.25, 0.3) is 17.7 Å². The van der Waals surface area contributed by atoms with Gasteiger partial charge in [-0.2, -0.15) is 0 Å². The molecule has 3 amide bonds. The minimum Gasteiger partial charge on any atom is -0.298 e. The van der Waals surface area contributed by atoms with Crippen molar-refractivity contribution in [3.8, 4) is 0 Å². The van der Waals surface area contributed by atoms with Crippen molar-refractivity contribution >= 4 is 55.1 Å². The maximum atomic E-state index is 12.4. The SMILES string of the molecule is Cc1cc2sc(NC(=O)c3ccc4c(c3)C(=O)N(C)C4=O)nc2s1. The molecule has 0 atom stereocenters. The number of carbonyl (C=O) groups is 3. The van der Waals surface area contributed by atoms with Crippen molar-refractivity contribution in [2.75, 3.05) is 12.4 Å². The summed E-state index contributed by atoms with van der Waals surface area (Å²) in [5.74, 6) is -1.10. The van der Waals surface area contributed by atoms with Crippen LogP contribution >= 0.6 is 22.7 Å². The quantitative estimate of drug-likeness (QED) is 0.715. The van der Waals surface area contributed by atoms with Crippen LogP contribution in [0.4, 0.5) is 5.13 Å². The predicted octanol–water partition coefficient (Wildman–Crippen LogP) is 3.14. The first-order valence-electron chi connectivity index (χ1n) is 7.09. The number of rotatable bonds is 2. The molecule has 0 saturated heterocycles. The monoisotopic (exact) mass is 357 g/mol. The van der Waals surface area contributed by atoms with Gasteiger partial charge in [0.15, 0.2) is 5.13 Å². The molecule has 8 heteroatoms. The molecule has 120 valence electrons. The molecule has 0 radical (unpaired) electrons. The number of nitrogens with one attached hydrogen (secondary N) is 1. The molecular weight excluding hydrogens is 346 g/mol. The van der Waals surface area contributed by atoms with Crippen molar-refractivity contribution in [2.24, 2.45) is 0 Å². The van der Waals surface area contributed by atoms with Crippen LogP contribution in [0.2, 0.25) is 0 Å². The number of amides is 3. The number of hydrogen-bond donors (Lipinski definition) is 1. The number of thiophene rings is 1. The lowest BCUT2D eigenvalue weighted by molar-refractivity contribution is 0.0693. The lowest BCUT2D eigenvalue weighted by Gasteiger charge is -2.03. The largest absolute Gasteiger partial charge is 0.298 e. The molecule has 1 aliphatic heterocycles. The average molecular weight is 357 g/mol. The Morgan fingerprint density at radius 1 is 1.12 bits per heavy atom. The summed E-state index contributed by atoms with van der Waals surface area (Å²) in [5, 5.41) is 3.26. The maximum Gasteiger partial charge on any atom is 0.261 e. The molecule has 4 rings (SSSR count). The van der Waals surface area contributed by atoms with Crippen LogP contribution in [0.1, 0.15) is 36.0 Å². The zero-order valence-electron chi connectivity index (χ0n) is 12.7. The van der Waals surface area contributed by atoms with Gasteiger partial charge in [0.05, 0.1) is 15.8 Å². The summed E-state index contributed by atoms with van der Waals surface area (Å²) in [5.41, 5.74) is 0.898. The van der Waals surface area contributed by atoms with E-state index in [-0.39, 0.29) is 17.4 Å². The van der Waals surface area contributed by atoms with Gasteiger partial charge in [-0.05, 0) is 31.2 Å². The third-order valence-corrected chi connectivity index (χ3v) is 5.78. The molecule has 1 aromatic carbocycles. The van der Waals surface area contributed by atoms with E-state index in [9.17, 15) is 14.4 Å². The van der Waals surface area contributed by atoms with Gasteiger partial charge in [-0.3, -0.25) is 24.6 Å². The Labute approximate surface area is 144 Å². The average Bonchev–Trinajstić information content (AvgIpc) is 3.14. The normalized spacial score (nSPS) is 13.7. The number of anilines is 1. The zero-order chi connectivity index (χ0) is 17.0. The van der Waals surface area contributed by atoms with Crippen LogP contribution in [-0.4, -0.2) is 34.7 Å². The van der Waals surface area contributed by atoms with E-state index < -0.39 is 5.91 Å². The smallest absolute Gasteiger partial charge is 0.261 e. The minimum absolute atomic E-state index is 0.255. The van der Waals surface area contributed by atoms with E-state index >= 15 is 0 Å². The summed E-state index contributed by atoms with van der Waals surface area (Å²) in [7, 11) is 1.43. The fourth-order valence-electron chi connectivity index (χ4n) is 2.57. The van der Waals surface area contributed by atoms with Crippen LogP contribution in [0.3, 0.4) is 0 Å². The molecule has 0 bridgehead atoms. The highest BCUT2D eigenvalue weighted by atomic mass is 32.1. The van der Waals surface area contributed by atoms with Crippen molar-refractivity contribution in [1.82, 2.24) is 9.88 Å². The molecule has 0 saturated carbocycles. The van der Waals surface area contributed by atoms with Crippen LogP contribution < -0.4 is 5.32 Å². The minimum atomic E-state index is -0.394. The Bertz CT molecular complexity index is 1000. The van der Waals surface area contributed by atoms with Crippen molar-refractivity contribution < 1.29 is 14.4 Å². The van der Waals surface area contributed by atoms with E-state index in [1.165, 1.54) is 35.4 Å². The second-order valence-electron chi connectivity index (χ2n) is 5.43. The number of thiazole rings is 1. The number of aryl methyl sites for hydroxylation is 1. The summed E-state index contributed by atoms with van der Waals surface area (Å²) < 4.78 is 1.03. The highest BCUT2D eigenvalue weighted by Crippen LogP contribution is 2.32. The Morgan fingerprint density at radius 2 is 1.88 bits per heavy atom. The number of imide groups is 1. The Balaban J connectivity index is 1.62. The Morgan fingerprint density at radius 3 is 2.62 bits per heavy atom. The lowest BCUT2D eigenvalue weighted by atomic mass is 10.1. The van der Waals surface area contributed by atoms with Gasteiger partial charge in [-0.25, -0.2) is 4.98 Å². The van der Waals surface area contributed by atoms with Gasteiger partial charge < -0.3 is 0 Å². The molecule has 24 heavy (non-hydrogen) atoms. The number of nitrogens with zero attached hydrogens (tertiary/aromatic N) is 2. The van der Waals surface area contributed by atoms with Gasteiger partial charge in [0.1, 0.15) is 4.83 Å². The van der Waals surface area contributed by atoms with Crippen molar-refractivity contribution in [2.45, 2.75) is 6.92 Å². The highest BCUT2D eigenvalue weighted by molar-refractivity contribution is 7.29. The predicted molar refractivity (Wildman–Crippen MR) is 93.1 cm³/mol. The molecule has 0 unspecified atom stereocenters. The molecular formula is C16H11N3O3S2. The second kappa shape index (κ2) is 5.22. The lowest BCUT2D eigenvalue weighted by Crippen LogP contribution is -2.24. The highest BCUT2D eigenvalue weighted by Gasteiger charge is 2.33. The van der Waals surface area contributed by atoms with E-state index in [0.717, 1.165) is 14.4 Å². The number of fused-ring (bicyclic) bond motifs is 2. The summed E-state index contributed by atoms with van der Waals surface area (Å²) in [4.78, 5) is 43.8. The van der Waals surface area contributed by atoms with E-state index in [2.05, 4.69) is 10.3 Å². The van der Waals surface area contributed by atoms with Crippen molar-refractivity contribution in [1.29, 1.82) is 0 Å². The van der Waals surface area contributed by atoms with Crippen LogP contribution in [0.25, 0.3) is 9.53 Å². The first-order valence-corrected chi connectivity index (χ1v) is 8.72. The van der Waals surface area contributed by atoms with E-state index in [1.54, 1.807) is 17.4 Å². The van der Waals surface area contributed by atoms with E-state index in [1.807, 2.05) is 13.0 Å². The fourth-order valence-corrected chi connectivity index (χ4v) is 4.59. The molecule has 1 N–H and O–H groups in total. The number of benzene rings is 1. The van der Waals surface area contributed by atoms with E-state index in [4.69, 9.17) is 0 Å². The molecule has 0 aliphatic carbocycles. The van der Waals surface area contributed by atoms with Crippen molar-refractivity contribution in [3.05, 3.63) is 45.8 Å². The van der Waals surface area contributed by atoms with Gasteiger partial charge in [-0.1, -0.05) is 11.3 Å². The summed E-state index contributed by atoms with van der Waals surface area (Å²) in [6, 6.07) is 6.54. The molecule has 2 aromatic heterocycles. The van der Waals surface area contributed by atoms with Crippen LogP contribution in [0, 0.1) is 6.92 Å². The summed E-state index contributed by atoms with van der Waals surface area (Å²) in [6.45, 7) is 2.01. The van der Waals surface area contributed by atoms with Crippen LogP contribution in [0.15, 0.2) is 24.3 Å². The Hall–Kier alpha value is -2.58. The molecule has 1 aliphatic rings. The number of aromatic nitrogens is 1. The second-order valence-corrected chi connectivity index (χ2v) is 7.69. The van der Waals surface area contributed by atoms with Crippen LogP contribution in [0.5, 0.6) is 0 Å². The molecule has 0 fully saturated rings. The molecule has 6 nitrogen and oxygen atoms in total. The molecule has 3 aromatic rings. The Kier molecular flexibility index (Phi) is 3.26. The van der Waals surface area contributed by atoms with Crippen molar-refractivity contribution in [3.63, 3.8) is 0 Å². The standard InChI is InChI=1S/C16H11N3O3S2/c1-7-5-11-13(23-7)18-16(24-11)17-12(20)8-3-4-9-10(6-8)15(22)19(2)14(9)21/h3-6H,1-2H3,(H,17,18,20). The topological polar surface area (TPSA) is 79.4 Å². The molecule has 0 spiro atoms. The first-order chi connectivity index (χ1) is 11.4. The summed E-state index contributed by atoms with van der Waals surface area (Å²) in [6.07, 6.45) is 0. The zero-order valence-corrected chi connectivity index (χ0v) is 14.4. The fraction of sp³-hybridized carbons (Fsp3) is 0.125. The number of hydrogen-bond acceptors (Lipinski definition) is 6. The van der Waals surface area contributed by atoms with Crippen LogP contribution in [-0.2, 0) is 0 Å². The van der Waals surface area contributed by atoms with E-state index in [0.29, 0.717) is 16.3 Å². The maximum absolute atomic E-state index is 12.4. The molecule has 3 heterocycles. The third kappa shape index (κ3) is 2.22. The van der Waals surface area contributed by atoms with Gasteiger partial charge in [0.2, 0.25) is 0 Å². The summed E-state index contributed by atoms with van der Waals surface area (Å²) >= 11 is 2.98. The third-order valence-electron chi connectivity index (χ3n) is 3.78. The first kappa shape index (κ1) is 15.0. The van der Waals surface area contributed by atoms with Gasteiger partial charge in [-0.15, -0.1) is 11.3 Å². The number of carbonyl (C=O) groups excluding carboxylic acids is 3. The van der Waals surface area contributed by atoms with Gasteiger partial charge >= 0.3 is 0 Å². The van der Waals surface area contributed by atoms with Gasteiger partial charge in [0, 0.05) is 17.5 Å².